The molecule has 0 atom stereocenters. The zero-order valence-electron chi connectivity index (χ0n) is 11.6. The summed E-state index contributed by atoms with van der Waals surface area (Å²) >= 11 is 0. The molecule has 0 aliphatic rings. The molecule has 1 heterocycles. The molecule has 0 aromatic carbocycles. The normalized spacial score (nSPS) is 10.9. The maximum absolute atomic E-state index is 11.2. The van der Waals surface area contributed by atoms with Crippen molar-refractivity contribution in [3.63, 3.8) is 0 Å². The third-order valence-electron chi connectivity index (χ3n) is 2.45. The van der Waals surface area contributed by atoms with E-state index in [9.17, 15) is 9.59 Å². The van der Waals surface area contributed by atoms with Crippen LogP contribution in [0, 0.1) is 5.92 Å². The molecule has 0 fully saturated rings. The Morgan fingerprint density at radius 1 is 1.50 bits per heavy atom. The van der Waals surface area contributed by atoms with Crippen molar-refractivity contribution in [1.82, 2.24) is 4.98 Å². The van der Waals surface area contributed by atoms with Crippen molar-refractivity contribution in [3.05, 3.63) is 30.0 Å². The zero-order valence-corrected chi connectivity index (χ0v) is 11.6. The molecule has 1 amide bonds. The van der Waals surface area contributed by atoms with Gasteiger partial charge in [-0.3, -0.25) is 4.79 Å². The molecule has 20 heavy (non-hydrogen) atoms. The summed E-state index contributed by atoms with van der Waals surface area (Å²) in [6.07, 6.45) is 4.10. The molecule has 1 aromatic heterocycles. The number of carboxylic acids is 1. The smallest absolute Gasteiger partial charge is 0.328 e. The monoisotopic (exact) mass is 277 g/mol. The first-order chi connectivity index (χ1) is 9.40. The molecule has 6 heteroatoms. The van der Waals surface area contributed by atoms with E-state index in [0.717, 1.165) is 6.08 Å². The average Bonchev–Trinajstić information content (AvgIpc) is 2.34. The number of aliphatic carboxylic acids is 1. The number of anilines is 1. The van der Waals surface area contributed by atoms with Gasteiger partial charge in [0.1, 0.15) is 5.82 Å². The van der Waals surface area contributed by atoms with Crippen molar-refractivity contribution in [2.24, 2.45) is 11.7 Å². The molecule has 3 N–H and O–H groups in total. The topological polar surface area (TPSA) is 96.5 Å². The van der Waals surface area contributed by atoms with E-state index < -0.39 is 11.9 Å². The number of carboxylic acid groups (broad SMARTS) is 1. The molecule has 0 spiro atoms. The molecule has 0 aliphatic carbocycles. The largest absolute Gasteiger partial charge is 0.478 e. The third kappa shape index (κ3) is 5.09. The number of hydrogen-bond donors (Lipinski definition) is 2. The Morgan fingerprint density at radius 2 is 2.20 bits per heavy atom. The van der Waals surface area contributed by atoms with Crippen molar-refractivity contribution in [1.29, 1.82) is 0 Å². The SMILES string of the molecule is CC(C)CN(CC(N)=O)c1ncccc1/C=C/C(=O)O. The van der Waals surface area contributed by atoms with Crippen LogP contribution in [0.1, 0.15) is 19.4 Å². The highest BCUT2D eigenvalue weighted by atomic mass is 16.4. The minimum atomic E-state index is -1.04. The predicted octanol–water partition coefficient (Wildman–Crippen LogP) is 1.13. The van der Waals surface area contributed by atoms with Crippen LogP contribution in [0.2, 0.25) is 0 Å². The molecular weight excluding hydrogens is 258 g/mol. The summed E-state index contributed by atoms with van der Waals surface area (Å²) in [6.45, 7) is 4.68. The number of carbonyl (C=O) groups is 2. The lowest BCUT2D eigenvalue weighted by atomic mass is 10.1. The highest BCUT2D eigenvalue weighted by Gasteiger charge is 2.15. The summed E-state index contributed by atoms with van der Waals surface area (Å²) in [7, 11) is 0. The van der Waals surface area contributed by atoms with Gasteiger partial charge in [-0.15, -0.1) is 0 Å². The van der Waals surface area contributed by atoms with Crippen LogP contribution in [-0.2, 0) is 9.59 Å². The molecule has 0 bridgehead atoms. The fourth-order valence-electron chi connectivity index (χ4n) is 1.82. The molecule has 6 nitrogen and oxygen atoms in total. The number of amides is 1. The zero-order chi connectivity index (χ0) is 15.1. The molecule has 0 unspecified atom stereocenters. The van der Waals surface area contributed by atoms with Crippen LogP contribution in [0.25, 0.3) is 6.08 Å². The lowest BCUT2D eigenvalue weighted by molar-refractivity contribution is -0.131. The van der Waals surface area contributed by atoms with Crippen molar-refractivity contribution in [2.75, 3.05) is 18.0 Å². The van der Waals surface area contributed by atoms with E-state index in [4.69, 9.17) is 10.8 Å². The van der Waals surface area contributed by atoms with Crippen molar-refractivity contribution >= 4 is 23.8 Å². The Bertz CT molecular complexity index is 512. The second-order valence-corrected chi connectivity index (χ2v) is 4.83. The molecular formula is C14H19N3O3. The van der Waals surface area contributed by atoms with Crippen LogP contribution in [-0.4, -0.2) is 35.1 Å². The Morgan fingerprint density at radius 3 is 2.75 bits per heavy atom. The minimum Gasteiger partial charge on any atom is -0.478 e. The Hall–Kier alpha value is -2.37. The predicted molar refractivity (Wildman–Crippen MR) is 77.2 cm³/mol. The van der Waals surface area contributed by atoms with Gasteiger partial charge in [0.2, 0.25) is 5.91 Å². The third-order valence-corrected chi connectivity index (χ3v) is 2.45. The van der Waals surface area contributed by atoms with Gasteiger partial charge in [-0.1, -0.05) is 13.8 Å². The van der Waals surface area contributed by atoms with Crippen LogP contribution in [0.3, 0.4) is 0 Å². The van der Waals surface area contributed by atoms with Gasteiger partial charge in [0.15, 0.2) is 0 Å². The van der Waals surface area contributed by atoms with Crippen LogP contribution in [0.5, 0.6) is 0 Å². The maximum Gasteiger partial charge on any atom is 0.328 e. The Balaban J connectivity index is 3.11. The van der Waals surface area contributed by atoms with Crippen molar-refractivity contribution in [2.45, 2.75) is 13.8 Å². The summed E-state index contributed by atoms with van der Waals surface area (Å²) in [5, 5.41) is 8.70. The summed E-state index contributed by atoms with van der Waals surface area (Å²) in [5.74, 6) is -0.625. The molecule has 0 saturated heterocycles. The maximum atomic E-state index is 11.2. The van der Waals surface area contributed by atoms with E-state index >= 15 is 0 Å². The van der Waals surface area contributed by atoms with Gasteiger partial charge in [0.05, 0.1) is 6.54 Å². The van der Waals surface area contributed by atoms with Gasteiger partial charge in [-0.05, 0) is 24.1 Å². The van der Waals surface area contributed by atoms with E-state index in [1.165, 1.54) is 6.08 Å². The minimum absolute atomic E-state index is 0.0447. The fraction of sp³-hybridized carbons (Fsp3) is 0.357. The number of carbonyl (C=O) groups excluding carboxylic acids is 1. The molecule has 0 aliphatic heterocycles. The van der Waals surface area contributed by atoms with E-state index in [1.807, 2.05) is 13.8 Å². The second-order valence-electron chi connectivity index (χ2n) is 4.83. The number of hydrogen-bond acceptors (Lipinski definition) is 4. The molecule has 1 aromatic rings. The quantitative estimate of drug-likeness (QED) is 0.728. The first-order valence-electron chi connectivity index (χ1n) is 6.29. The van der Waals surface area contributed by atoms with Gasteiger partial charge in [-0.2, -0.15) is 0 Å². The number of nitrogens with two attached hydrogens (primary N) is 1. The summed E-state index contributed by atoms with van der Waals surface area (Å²) in [5.41, 5.74) is 5.89. The van der Waals surface area contributed by atoms with Crippen molar-refractivity contribution in [3.8, 4) is 0 Å². The standard InChI is InChI=1S/C14H19N3O3/c1-10(2)8-17(9-12(15)18)14-11(4-3-7-16-14)5-6-13(19)20/h3-7,10H,8-9H2,1-2H3,(H2,15,18)(H,19,20)/b6-5+. The first-order valence-corrected chi connectivity index (χ1v) is 6.29. The van der Waals surface area contributed by atoms with E-state index in [2.05, 4.69) is 4.98 Å². The van der Waals surface area contributed by atoms with Gasteiger partial charge < -0.3 is 15.7 Å². The number of aromatic nitrogens is 1. The Labute approximate surface area is 117 Å². The van der Waals surface area contributed by atoms with Crippen LogP contribution in [0.4, 0.5) is 5.82 Å². The number of nitrogens with zero attached hydrogens (tertiary/aromatic N) is 2. The molecule has 108 valence electrons. The Kier molecular flexibility index (Phi) is 5.71. The molecule has 1 rings (SSSR count). The number of pyridine rings is 1. The van der Waals surface area contributed by atoms with E-state index in [1.54, 1.807) is 23.2 Å². The van der Waals surface area contributed by atoms with Crippen LogP contribution < -0.4 is 10.6 Å². The summed E-state index contributed by atoms with van der Waals surface area (Å²) in [6, 6.07) is 3.46. The average molecular weight is 277 g/mol. The van der Waals surface area contributed by atoms with Crippen LogP contribution >= 0.6 is 0 Å². The molecule has 0 saturated carbocycles. The molecule has 0 radical (unpaired) electrons. The summed E-state index contributed by atoms with van der Waals surface area (Å²) in [4.78, 5) is 27.8. The van der Waals surface area contributed by atoms with Gasteiger partial charge in [-0.25, -0.2) is 9.78 Å². The van der Waals surface area contributed by atoms with Gasteiger partial charge in [0.25, 0.3) is 0 Å². The van der Waals surface area contributed by atoms with Gasteiger partial charge in [0, 0.05) is 24.4 Å². The van der Waals surface area contributed by atoms with Crippen LogP contribution in [0.15, 0.2) is 24.4 Å². The van der Waals surface area contributed by atoms with Gasteiger partial charge >= 0.3 is 5.97 Å². The first kappa shape index (κ1) is 15.7. The summed E-state index contributed by atoms with van der Waals surface area (Å²) < 4.78 is 0. The lowest BCUT2D eigenvalue weighted by Gasteiger charge is -2.25. The fourth-order valence-corrected chi connectivity index (χ4v) is 1.82. The number of rotatable bonds is 7. The lowest BCUT2D eigenvalue weighted by Crippen LogP contribution is -2.37. The number of primary amides is 1. The van der Waals surface area contributed by atoms with E-state index in [-0.39, 0.29) is 6.54 Å². The second kappa shape index (κ2) is 7.28. The van der Waals surface area contributed by atoms with E-state index in [0.29, 0.717) is 23.8 Å². The highest BCUT2D eigenvalue weighted by molar-refractivity contribution is 5.87. The highest BCUT2D eigenvalue weighted by Crippen LogP contribution is 2.19. The van der Waals surface area contributed by atoms with Crippen molar-refractivity contribution < 1.29 is 14.7 Å².